The number of nitrogens with one attached hydrogen (secondary N) is 1. The largest absolute Gasteiger partial charge is 0.383 e. The zero-order valence-electron chi connectivity index (χ0n) is 12.2. The van der Waals surface area contributed by atoms with E-state index in [1.54, 1.807) is 29.8 Å². The number of thiazole rings is 1. The van der Waals surface area contributed by atoms with E-state index in [1.165, 1.54) is 9.75 Å². The summed E-state index contributed by atoms with van der Waals surface area (Å²) in [4.78, 5) is 9.54. The van der Waals surface area contributed by atoms with E-state index in [0.717, 1.165) is 37.1 Å². The minimum Gasteiger partial charge on any atom is -0.383 e. The Kier molecular flexibility index (Phi) is 5.97. The first kappa shape index (κ1) is 15.4. The molecule has 110 valence electrons. The van der Waals surface area contributed by atoms with Gasteiger partial charge in [0.25, 0.3) is 0 Å². The monoisotopic (exact) mass is 311 g/mol. The SMILES string of the molecule is COCCNCc1sc(N(C)Cc2cccs2)nc1C. The lowest BCUT2D eigenvalue weighted by Gasteiger charge is -2.14. The maximum atomic E-state index is 5.03. The third-order valence-electron chi connectivity index (χ3n) is 2.95. The van der Waals surface area contributed by atoms with Crippen molar-refractivity contribution < 1.29 is 4.74 Å². The fourth-order valence-corrected chi connectivity index (χ4v) is 3.57. The molecule has 0 saturated carbocycles. The van der Waals surface area contributed by atoms with E-state index >= 15 is 0 Å². The summed E-state index contributed by atoms with van der Waals surface area (Å²) in [5.41, 5.74) is 1.12. The van der Waals surface area contributed by atoms with Gasteiger partial charge in [0, 0.05) is 37.0 Å². The van der Waals surface area contributed by atoms with Crippen LogP contribution in [-0.2, 0) is 17.8 Å². The zero-order chi connectivity index (χ0) is 14.4. The van der Waals surface area contributed by atoms with Crippen molar-refractivity contribution in [2.75, 3.05) is 32.2 Å². The number of ether oxygens (including phenoxy) is 1. The van der Waals surface area contributed by atoms with Crippen molar-refractivity contribution in [3.8, 4) is 0 Å². The second-order valence-electron chi connectivity index (χ2n) is 4.61. The van der Waals surface area contributed by atoms with Gasteiger partial charge in [0.15, 0.2) is 5.13 Å². The predicted molar refractivity (Wildman–Crippen MR) is 86.9 cm³/mol. The lowest BCUT2D eigenvalue weighted by Crippen LogP contribution is -2.18. The van der Waals surface area contributed by atoms with Gasteiger partial charge in [0.05, 0.1) is 18.8 Å². The summed E-state index contributed by atoms with van der Waals surface area (Å²) in [6.45, 7) is 5.46. The molecule has 0 aromatic carbocycles. The molecule has 2 heterocycles. The number of aromatic nitrogens is 1. The topological polar surface area (TPSA) is 37.4 Å². The van der Waals surface area contributed by atoms with Gasteiger partial charge >= 0.3 is 0 Å². The van der Waals surface area contributed by atoms with E-state index in [2.05, 4.69) is 46.7 Å². The first-order valence-electron chi connectivity index (χ1n) is 6.60. The van der Waals surface area contributed by atoms with Crippen LogP contribution in [0.1, 0.15) is 15.4 Å². The van der Waals surface area contributed by atoms with Gasteiger partial charge in [0.1, 0.15) is 0 Å². The highest BCUT2D eigenvalue weighted by atomic mass is 32.1. The maximum absolute atomic E-state index is 5.03. The first-order chi connectivity index (χ1) is 9.70. The van der Waals surface area contributed by atoms with Gasteiger partial charge in [-0.2, -0.15) is 0 Å². The molecule has 0 spiro atoms. The quantitative estimate of drug-likeness (QED) is 0.761. The molecule has 0 aliphatic heterocycles. The second-order valence-corrected chi connectivity index (χ2v) is 6.70. The minimum absolute atomic E-state index is 0.739. The highest BCUT2D eigenvalue weighted by Crippen LogP contribution is 2.26. The number of anilines is 1. The third-order valence-corrected chi connectivity index (χ3v) is 5.08. The Hall–Kier alpha value is -0.950. The van der Waals surface area contributed by atoms with Gasteiger partial charge in [-0.05, 0) is 18.4 Å². The molecule has 0 unspecified atom stereocenters. The fraction of sp³-hybridized carbons (Fsp3) is 0.500. The Morgan fingerprint density at radius 2 is 2.30 bits per heavy atom. The van der Waals surface area contributed by atoms with E-state index in [9.17, 15) is 0 Å². The molecule has 4 nitrogen and oxygen atoms in total. The van der Waals surface area contributed by atoms with E-state index in [1.807, 2.05) is 0 Å². The van der Waals surface area contributed by atoms with Crippen LogP contribution in [-0.4, -0.2) is 32.3 Å². The van der Waals surface area contributed by atoms with Crippen LogP contribution in [0, 0.1) is 6.92 Å². The van der Waals surface area contributed by atoms with Gasteiger partial charge < -0.3 is 15.0 Å². The van der Waals surface area contributed by atoms with Gasteiger partial charge in [-0.1, -0.05) is 6.07 Å². The Bertz CT molecular complexity index is 510. The summed E-state index contributed by atoms with van der Waals surface area (Å²) in [7, 11) is 3.82. The van der Waals surface area contributed by atoms with Crippen LogP contribution in [0.15, 0.2) is 17.5 Å². The Morgan fingerprint density at radius 1 is 1.45 bits per heavy atom. The van der Waals surface area contributed by atoms with Crippen LogP contribution in [0.4, 0.5) is 5.13 Å². The summed E-state index contributed by atoms with van der Waals surface area (Å²) in [5, 5.41) is 6.57. The summed E-state index contributed by atoms with van der Waals surface area (Å²) >= 11 is 3.55. The smallest absolute Gasteiger partial charge is 0.185 e. The number of thiophene rings is 1. The van der Waals surface area contributed by atoms with Crippen LogP contribution >= 0.6 is 22.7 Å². The van der Waals surface area contributed by atoms with Crippen LogP contribution in [0.5, 0.6) is 0 Å². The van der Waals surface area contributed by atoms with Crippen LogP contribution < -0.4 is 10.2 Å². The molecule has 0 amide bonds. The van der Waals surface area contributed by atoms with Crippen LogP contribution in [0.2, 0.25) is 0 Å². The van der Waals surface area contributed by atoms with Crippen molar-refractivity contribution in [3.05, 3.63) is 33.0 Å². The van der Waals surface area contributed by atoms with Crippen LogP contribution in [0.25, 0.3) is 0 Å². The number of aryl methyl sites for hydroxylation is 1. The molecule has 0 aliphatic rings. The zero-order valence-corrected chi connectivity index (χ0v) is 13.8. The number of nitrogens with zero attached hydrogens (tertiary/aromatic N) is 2. The summed E-state index contributed by atoms with van der Waals surface area (Å²) in [5.74, 6) is 0. The Labute approximate surface area is 128 Å². The van der Waals surface area contributed by atoms with Gasteiger partial charge in [-0.3, -0.25) is 0 Å². The average Bonchev–Trinajstić information content (AvgIpc) is 3.05. The molecule has 0 bridgehead atoms. The van der Waals surface area contributed by atoms with Crippen molar-refractivity contribution >= 4 is 27.8 Å². The number of rotatable bonds is 8. The number of hydrogen-bond acceptors (Lipinski definition) is 6. The molecule has 0 aliphatic carbocycles. The lowest BCUT2D eigenvalue weighted by atomic mass is 10.4. The van der Waals surface area contributed by atoms with Gasteiger partial charge in [-0.25, -0.2) is 4.98 Å². The average molecular weight is 311 g/mol. The molecule has 2 aromatic heterocycles. The summed E-state index contributed by atoms with van der Waals surface area (Å²) in [6, 6.07) is 4.25. The highest BCUT2D eigenvalue weighted by Gasteiger charge is 2.11. The molecule has 2 aromatic rings. The highest BCUT2D eigenvalue weighted by molar-refractivity contribution is 7.15. The van der Waals surface area contributed by atoms with E-state index in [-0.39, 0.29) is 0 Å². The van der Waals surface area contributed by atoms with E-state index in [4.69, 9.17) is 4.74 Å². The first-order valence-corrected chi connectivity index (χ1v) is 8.29. The predicted octanol–water partition coefficient (Wildman–Crippen LogP) is 2.89. The molecule has 1 N–H and O–H groups in total. The third kappa shape index (κ3) is 4.28. The summed E-state index contributed by atoms with van der Waals surface area (Å²) < 4.78 is 5.03. The molecule has 0 saturated heterocycles. The Balaban J connectivity index is 1.92. The van der Waals surface area contributed by atoms with Gasteiger partial charge in [0.2, 0.25) is 0 Å². The second kappa shape index (κ2) is 7.73. The van der Waals surface area contributed by atoms with Crippen molar-refractivity contribution in [2.24, 2.45) is 0 Å². The van der Waals surface area contributed by atoms with Crippen molar-refractivity contribution in [1.29, 1.82) is 0 Å². The minimum atomic E-state index is 0.739. The molecule has 0 radical (unpaired) electrons. The fourth-order valence-electron chi connectivity index (χ4n) is 1.82. The molecule has 0 fully saturated rings. The lowest BCUT2D eigenvalue weighted by molar-refractivity contribution is 0.199. The molecule has 20 heavy (non-hydrogen) atoms. The van der Waals surface area contributed by atoms with Crippen molar-refractivity contribution in [2.45, 2.75) is 20.0 Å². The molecule has 6 heteroatoms. The molecular formula is C14H21N3OS2. The maximum Gasteiger partial charge on any atom is 0.185 e. The normalized spacial score (nSPS) is 10.9. The van der Waals surface area contributed by atoms with Crippen LogP contribution in [0.3, 0.4) is 0 Å². The summed E-state index contributed by atoms with van der Waals surface area (Å²) in [6.07, 6.45) is 0. The van der Waals surface area contributed by atoms with Crippen molar-refractivity contribution in [1.82, 2.24) is 10.3 Å². The molecular weight excluding hydrogens is 290 g/mol. The van der Waals surface area contributed by atoms with E-state index < -0.39 is 0 Å². The van der Waals surface area contributed by atoms with E-state index in [0.29, 0.717) is 0 Å². The van der Waals surface area contributed by atoms with Crippen molar-refractivity contribution in [3.63, 3.8) is 0 Å². The standard InChI is InChI=1S/C14H21N3OS2/c1-11-13(9-15-6-7-18-3)20-14(16-11)17(2)10-12-5-4-8-19-12/h4-5,8,15H,6-7,9-10H2,1-3H3. The number of methoxy groups -OCH3 is 1. The number of hydrogen-bond donors (Lipinski definition) is 1. The Morgan fingerprint density at radius 3 is 3.00 bits per heavy atom. The molecule has 0 atom stereocenters. The molecule has 2 rings (SSSR count). The van der Waals surface area contributed by atoms with Gasteiger partial charge in [-0.15, -0.1) is 22.7 Å².